The Morgan fingerprint density at radius 1 is 1.31 bits per heavy atom. The fraction of sp³-hybridized carbons (Fsp3) is 0.727. The van der Waals surface area contributed by atoms with Crippen molar-refractivity contribution in [2.24, 2.45) is 0 Å². The van der Waals surface area contributed by atoms with Gasteiger partial charge in [0.05, 0.1) is 0 Å². The van der Waals surface area contributed by atoms with Crippen LogP contribution in [0.2, 0.25) is 6.04 Å². The van der Waals surface area contributed by atoms with Crippen molar-refractivity contribution in [2.45, 2.75) is 39.8 Å². The van der Waals surface area contributed by atoms with Crippen molar-refractivity contribution in [1.82, 2.24) is 0 Å². The Balaban J connectivity index is 4.62. The van der Waals surface area contributed by atoms with E-state index in [-0.39, 0.29) is 5.78 Å². The van der Waals surface area contributed by atoms with Crippen LogP contribution in [0.25, 0.3) is 0 Å². The lowest BCUT2D eigenvalue weighted by Gasteiger charge is -2.29. The Bertz CT molecular complexity index is 224. The molecular weight excluding hydrogens is 224 g/mol. The molecule has 0 aliphatic rings. The van der Waals surface area contributed by atoms with Crippen LogP contribution in [0.15, 0.2) is 12.7 Å². The highest BCUT2D eigenvalue weighted by atomic mass is 28.4. The molecule has 0 spiro atoms. The molecule has 0 radical (unpaired) electrons. The summed E-state index contributed by atoms with van der Waals surface area (Å²) in [6.45, 7) is 11.9. The van der Waals surface area contributed by atoms with Crippen molar-refractivity contribution in [2.75, 3.05) is 13.2 Å². The highest BCUT2D eigenvalue weighted by Crippen LogP contribution is 2.18. The lowest BCUT2D eigenvalue weighted by molar-refractivity contribution is -0.122. The van der Waals surface area contributed by atoms with Crippen LogP contribution in [0.4, 0.5) is 0 Å². The van der Waals surface area contributed by atoms with Crippen LogP contribution in [0.5, 0.6) is 0 Å². The normalized spacial score (nSPS) is 13.5. The first-order valence-electron chi connectivity index (χ1n) is 5.67. The maximum absolute atomic E-state index is 11.4. The first-order valence-corrected chi connectivity index (χ1v) is 7.60. The Hall–Kier alpha value is -0.493. The summed E-state index contributed by atoms with van der Waals surface area (Å²) in [7, 11) is -2.68. The molecule has 0 aromatic rings. The van der Waals surface area contributed by atoms with Crippen molar-refractivity contribution in [3.8, 4) is 0 Å². The molecule has 0 saturated carbocycles. The van der Waals surface area contributed by atoms with Gasteiger partial charge in [0, 0.05) is 19.3 Å². The first kappa shape index (κ1) is 15.5. The summed E-state index contributed by atoms with van der Waals surface area (Å²) in [5.41, 5.74) is 0. The van der Waals surface area contributed by atoms with E-state index in [0.29, 0.717) is 19.3 Å². The zero-order valence-electron chi connectivity index (χ0n) is 10.6. The molecule has 0 bridgehead atoms. The maximum Gasteiger partial charge on any atom is 0.501 e. The van der Waals surface area contributed by atoms with Gasteiger partial charge in [-0.05, 0) is 26.8 Å². The first-order chi connectivity index (χ1) is 7.55. The highest BCUT2D eigenvalue weighted by Gasteiger charge is 2.41. The number of rotatable bonds is 9. The van der Waals surface area contributed by atoms with Gasteiger partial charge in [-0.2, -0.15) is 0 Å². The third-order valence-electron chi connectivity index (χ3n) is 2.12. The number of carbonyl (C=O) groups excluding carboxylic acids is 1. The van der Waals surface area contributed by atoms with Gasteiger partial charge >= 0.3 is 8.80 Å². The molecule has 16 heavy (non-hydrogen) atoms. The Morgan fingerprint density at radius 2 is 1.81 bits per heavy atom. The van der Waals surface area contributed by atoms with Gasteiger partial charge in [0.25, 0.3) is 0 Å². The van der Waals surface area contributed by atoms with Crippen LogP contribution in [-0.2, 0) is 18.1 Å². The molecular formula is C11H22O4Si. The minimum Gasteiger partial charge on any atom is -0.374 e. The van der Waals surface area contributed by atoms with Gasteiger partial charge in [-0.15, -0.1) is 0 Å². The van der Waals surface area contributed by atoms with Crippen LogP contribution in [0.1, 0.15) is 27.7 Å². The number of hydrogen-bond acceptors (Lipinski definition) is 4. The second-order valence-electron chi connectivity index (χ2n) is 3.27. The zero-order chi connectivity index (χ0) is 12.6. The van der Waals surface area contributed by atoms with E-state index in [1.807, 2.05) is 20.8 Å². The quantitative estimate of drug-likeness (QED) is 0.462. The van der Waals surface area contributed by atoms with E-state index in [1.165, 1.54) is 6.08 Å². The summed E-state index contributed by atoms with van der Waals surface area (Å²) >= 11 is 0. The molecule has 0 saturated heterocycles. The summed E-state index contributed by atoms with van der Waals surface area (Å²) in [5.74, 6) is -0.148. The predicted molar refractivity (Wildman–Crippen MR) is 65.2 cm³/mol. The molecule has 0 rings (SSSR count). The van der Waals surface area contributed by atoms with Crippen molar-refractivity contribution >= 4 is 14.6 Å². The molecule has 94 valence electrons. The van der Waals surface area contributed by atoms with E-state index in [2.05, 4.69) is 6.58 Å². The molecule has 0 aliphatic heterocycles. The smallest absolute Gasteiger partial charge is 0.374 e. The molecule has 1 unspecified atom stereocenters. The summed E-state index contributed by atoms with van der Waals surface area (Å²) in [5, 5.41) is 0. The Morgan fingerprint density at radius 3 is 2.12 bits per heavy atom. The van der Waals surface area contributed by atoms with Gasteiger partial charge < -0.3 is 13.3 Å². The molecule has 5 heteroatoms. The fourth-order valence-corrected chi connectivity index (χ4v) is 3.66. The van der Waals surface area contributed by atoms with Gasteiger partial charge in [0.15, 0.2) is 5.78 Å². The van der Waals surface area contributed by atoms with Gasteiger partial charge in [0.1, 0.15) is 6.10 Å². The van der Waals surface area contributed by atoms with Crippen LogP contribution in [-0.4, -0.2) is 33.9 Å². The van der Waals surface area contributed by atoms with E-state index in [1.54, 1.807) is 6.92 Å². The minimum absolute atomic E-state index is 0.148. The standard InChI is InChI=1S/C11H22O4Si/c1-6-11(12)10(5)15-16(9-4,13-7-2)14-8-3/h6,10H,1,7-9H2,2-5H3. The third-order valence-corrected chi connectivity index (χ3v) is 5.16. The average Bonchev–Trinajstić information content (AvgIpc) is 2.28. The van der Waals surface area contributed by atoms with Crippen LogP contribution >= 0.6 is 0 Å². The topological polar surface area (TPSA) is 44.8 Å². The molecule has 0 fully saturated rings. The van der Waals surface area contributed by atoms with E-state index in [0.717, 1.165) is 0 Å². The van der Waals surface area contributed by atoms with E-state index in [4.69, 9.17) is 13.3 Å². The molecule has 0 amide bonds. The van der Waals surface area contributed by atoms with E-state index in [9.17, 15) is 4.79 Å². The van der Waals surface area contributed by atoms with E-state index >= 15 is 0 Å². The summed E-state index contributed by atoms with van der Waals surface area (Å²) < 4.78 is 16.9. The summed E-state index contributed by atoms with van der Waals surface area (Å²) in [4.78, 5) is 11.4. The fourth-order valence-electron chi connectivity index (χ4n) is 1.33. The van der Waals surface area contributed by atoms with Gasteiger partial charge in [0.2, 0.25) is 0 Å². The molecule has 0 N–H and O–H groups in total. The molecule has 0 aliphatic carbocycles. The maximum atomic E-state index is 11.4. The van der Waals surface area contributed by atoms with Crippen molar-refractivity contribution in [1.29, 1.82) is 0 Å². The van der Waals surface area contributed by atoms with Gasteiger partial charge in [-0.3, -0.25) is 4.79 Å². The predicted octanol–water partition coefficient (Wildman–Crippen LogP) is 2.18. The SMILES string of the molecule is C=CC(=O)C(C)O[Si](CC)(OCC)OCC. The summed E-state index contributed by atoms with van der Waals surface area (Å²) in [6.07, 6.45) is 0.708. The Labute approximate surface area is 99.0 Å². The van der Waals surface area contributed by atoms with Crippen LogP contribution < -0.4 is 0 Å². The zero-order valence-corrected chi connectivity index (χ0v) is 11.6. The van der Waals surface area contributed by atoms with Crippen LogP contribution in [0, 0.1) is 0 Å². The lowest BCUT2D eigenvalue weighted by atomic mass is 10.3. The third kappa shape index (κ3) is 4.57. The second-order valence-corrected chi connectivity index (χ2v) is 6.16. The van der Waals surface area contributed by atoms with Gasteiger partial charge in [-0.1, -0.05) is 13.5 Å². The van der Waals surface area contributed by atoms with Gasteiger partial charge in [-0.25, -0.2) is 0 Å². The second kappa shape index (κ2) is 7.73. The highest BCUT2D eigenvalue weighted by molar-refractivity contribution is 6.60. The van der Waals surface area contributed by atoms with E-state index < -0.39 is 14.9 Å². The average molecular weight is 246 g/mol. The Kier molecular flexibility index (Phi) is 7.49. The minimum atomic E-state index is -2.68. The van der Waals surface area contributed by atoms with Crippen LogP contribution in [0.3, 0.4) is 0 Å². The molecule has 0 aromatic heterocycles. The van der Waals surface area contributed by atoms with Crippen molar-refractivity contribution in [3.05, 3.63) is 12.7 Å². The largest absolute Gasteiger partial charge is 0.501 e. The molecule has 1 atom stereocenters. The summed E-state index contributed by atoms with van der Waals surface area (Å²) in [6, 6.07) is 0.656. The van der Waals surface area contributed by atoms with Crippen molar-refractivity contribution in [3.63, 3.8) is 0 Å². The monoisotopic (exact) mass is 246 g/mol. The molecule has 0 aromatic carbocycles. The number of hydrogen-bond donors (Lipinski definition) is 0. The molecule has 0 heterocycles. The number of ketones is 1. The van der Waals surface area contributed by atoms with Crippen molar-refractivity contribution < 1.29 is 18.1 Å². The lowest BCUT2D eigenvalue weighted by Crippen LogP contribution is -2.48. The molecule has 4 nitrogen and oxygen atoms in total. The number of carbonyl (C=O) groups is 1.